The van der Waals surface area contributed by atoms with Gasteiger partial charge in [0, 0.05) is 22.5 Å². The van der Waals surface area contributed by atoms with Gasteiger partial charge in [-0.15, -0.1) is 0 Å². The molecular formula is C17H17N3O. The number of fused-ring (bicyclic) bond motifs is 1. The lowest BCUT2D eigenvalue weighted by Crippen LogP contribution is -2.12. The van der Waals surface area contributed by atoms with Crippen LogP contribution in [0.5, 0.6) is 0 Å². The quantitative estimate of drug-likeness (QED) is 0.627. The minimum absolute atomic E-state index is 0.146. The number of nitrogens with two attached hydrogens (primary N) is 1. The second kappa shape index (κ2) is 4.98. The number of hydrogen-bond acceptors (Lipinski definition) is 2. The van der Waals surface area contributed by atoms with Gasteiger partial charge in [-0.3, -0.25) is 4.79 Å². The Balaban J connectivity index is 2.00. The van der Waals surface area contributed by atoms with Gasteiger partial charge in [0.15, 0.2) is 0 Å². The Labute approximate surface area is 123 Å². The van der Waals surface area contributed by atoms with Crippen LogP contribution >= 0.6 is 0 Å². The van der Waals surface area contributed by atoms with E-state index < -0.39 is 0 Å². The Morgan fingerprint density at radius 3 is 2.67 bits per heavy atom. The number of rotatable bonds is 2. The molecule has 0 spiro atoms. The van der Waals surface area contributed by atoms with Gasteiger partial charge < -0.3 is 16.0 Å². The van der Waals surface area contributed by atoms with Crippen LogP contribution in [0.25, 0.3) is 10.9 Å². The van der Waals surface area contributed by atoms with Crippen molar-refractivity contribution in [2.75, 3.05) is 11.1 Å². The molecule has 0 aliphatic rings. The van der Waals surface area contributed by atoms with Gasteiger partial charge in [0.2, 0.25) is 0 Å². The molecule has 1 amide bonds. The summed E-state index contributed by atoms with van der Waals surface area (Å²) in [5, 5.41) is 3.96. The van der Waals surface area contributed by atoms with Crippen LogP contribution in [0.15, 0.2) is 42.5 Å². The van der Waals surface area contributed by atoms with Crippen LogP contribution in [0, 0.1) is 13.8 Å². The molecule has 21 heavy (non-hydrogen) atoms. The third-order valence-corrected chi connectivity index (χ3v) is 3.73. The van der Waals surface area contributed by atoms with Crippen LogP contribution in [0.1, 0.15) is 21.6 Å². The van der Waals surface area contributed by atoms with Crippen LogP contribution in [0.3, 0.4) is 0 Å². The van der Waals surface area contributed by atoms with Gasteiger partial charge in [-0.05, 0) is 43.7 Å². The Morgan fingerprint density at radius 2 is 1.90 bits per heavy atom. The fourth-order valence-corrected chi connectivity index (χ4v) is 2.49. The molecular weight excluding hydrogens is 262 g/mol. The number of H-pyrrole nitrogens is 1. The lowest BCUT2D eigenvalue weighted by Gasteiger charge is -2.07. The van der Waals surface area contributed by atoms with Gasteiger partial charge in [-0.1, -0.05) is 18.2 Å². The highest BCUT2D eigenvalue weighted by atomic mass is 16.1. The SMILES string of the molecule is Cc1[nH]c2c(C(=O)Nc3cccc(N)c3)cccc2c1C. The van der Waals surface area contributed by atoms with Crippen LogP contribution in [-0.2, 0) is 0 Å². The molecule has 0 fully saturated rings. The maximum atomic E-state index is 12.5. The summed E-state index contributed by atoms with van der Waals surface area (Å²) in [6, 6.07) is 12.9. The topological polar surface area (TPSA) is 70.9 Å². The largest absolute Gasteiger partial charge is 0.399 e. The molecule has 0 aliphatic carbocycles. The van der Waals surface area contributed by atoms with Gasteiger partial charge in [0.05, 0.1) is 11.1 Å². The molecule has 106 valence electrons. The van der Waals surface area contributed by atoms with Crippen molar-refractivity contribution in [1.82, 2.24) is 4.98 Å². The van der Waals surface area contributed by atoms with Crippen molar-refractivity contribution >= 4 is 28.2 Å². The molecule has 0 bridgehead atoms. The fourth-order valence-electron chi connectivity index (χ4n) is 2.49. The molecule has 3 rings (SSSR count). The molecule has 4 N–H and O–H groups in total. The molecule has 1 aromatic heterocycles. The summed E-state index contributed by atoms with van der Waals surface area (Å²) >= 11 is 0. The Morgan fingerprint density at radius 1 is 1.14 bits per heavy atom. The molecule has 0 unspecified atom stereocenters. The molecule has 4 heteroatoms. The highest BCUT2D eigenvalue weighted by molar-refractivity contribution is 6.12. The van der Waals surface area contributed by atoms with E-state index >= 15 is 0 Å². The van der Waals surface area contributed by atoms with Gasteiger partial charge in [0.25, 0.3) is 5.91 Å². The highest BCUT2D eigenvalue weighted by Crippen LogP contribution is 2.25. The summed E-state index contributed by atoms with van der Waals surface area (Å²) in [6.45, 7) is 4.06. The van der Waals surface area contributed by atoms with E-state index in [2.05, 4.69) is 10.3 Å². The Hall–Kier alpha value is -2.75. The second-order valence-corrected chi connectivity index (χ2v) is 5.18. The first-order chi connectivity index (χ1) is 10.1. The monoisotopic (exact) mass is 279 g/mol. The average Bonchev–Trinajstić information content (AvgIpc) is 2.74. The fraction of sp³-hybridized carbons (Fsp3) is 0.118. The third kappa shape index (κ3) is 2.36. The first kappa shape index (κ1) is 13.2. The van der Waals surface area contributed by atoms with Crippen LogP contribution in [-0.4, -0.2) is 10.9 Å². The number of carbonyl (C=O) groups is 1. The zero-order valence-corrected chi connectivity index (χ0v) is 12.0. The smallest absolute Gasteiger partial charge is 0.257 e. The lowest BCUT2D eigenvalue weighted by atomic mass is 10.1. The number of para-hydroxylation sites is 1. The standard InChI is InChI=1S/C17H17N3O/c1-10-11(2)19-16-14(10)7-4-8-15(16)17(21)20-13-6-3-5-12(18)9-13/h3-9,19H,18H2,1-2H3,(H,20,21). The molecule has 1 heterocycles. The molecule has 0 saturated heterocycles. The van der Waals surface area contributed by atoms with E-state index in [9.17, 15) is 4.79 Å². The van der Waals surface area contributed by atoms with E-state index in [1.807, 2.05) is 44.2 Å². The first-order valence-electron chi connectivity index (χ1n) is 6.81. The number of nitrogens with one attached hydrogen (secondary N) is 2. The van der Waals surface area contributed by atoms with Crippen molar-refractivity contribution < 1.29 is 4.79 Å². The first-order valence-corrected chi connectivity index (χ1v) is 6.81. The van der Waals surface area contributed by atoms with Crippen LogP contribution in [0.2, 0.25) is 0 Å². The number of carbonyl (C=O) groups excluding carboxylic acids is 1. The van der Waals surface area contributed by atoms with Gasteiger partial charge in [0.1, 0.15) is 0 Å². The summed E-state index contributed by atoms with van der Waals surface area (Å²) in [4.78, 5) is 15.8. The summed E-state index contributed by atoms with van der Waals surface area (Å²) in [5.74, 6) is -0.146. The van der Waals surface area contributed by atoms with Gasteiger partial charge >= 0.3 is 0 Å². The van der Waals surface area contributed by atoms with E-state index in [1.165, 1.54) is 5.56 Å². The van der Waals surface area contributed by atoms with E-state index in [0.717, 1.165) is 16.6 Å². The highest BCUT2D eigenvalue weighted by Gasteiger charge is 2.14. The minimum atomic E-state index is -0.146. The summed E-state index contributed by atoms with van der Waals surface area (Å²) in [7, 11) is 0. The van der Waals surface area contributed by atoms with Crippen molar-refractivity contribution in [3.05, 3.63) is 59.3 Å². The van der Waals surface area contributed by atoms with Gasteiger partial charge in [-0.2, -0.15) is 0 Å². The predicted octanol–water partition coefficient (Wildman–Crippen LogP) is 3.62. The Bertz CT molecular complexity index is 833. The third-order valence-electron chi connectivity index (χ3n) is 3.73. The van der Waals surface area contributed by atoms with Crippen molar-refractivity contribution in [1.29, 1.82) is 0 Å². The minimum Gasteiger partial charge on any atom is -0.399 e. The number of benzene rings is 2. The van der Waals surface area contributed by atoms with E-state index in [0.29, 0.717) is 16.9 Å². The lowest BCUT2D eigenvalue weighted by molar-refractivity contribution is 0.102. The molecule has 0 atom stereocenters. The number of aryl methyl sites for hydroxylation is 2. The van der Waals surface area contributed by atoms with Crippen molar-refractivity contribution in [2.24, 2.45) is 0 Å². The van der Waals surface area contributed by atoms with E-state index in [1.54, 1.807) is 12.1 Å². The maximum Gasteiger partial charge on any atom is 0.257 e. The van der Waals surface area contributed by atoms with Crippen molar-refractivity contribution in [3.63, 3.8) is 0 Å². The second-order valence-electron chi connectivity index (χ2n) is 5.18. The maximum absolute atomic E-state index is 12.5. The normalized spacial score (nSPS) is 10.8. The van der Waals surface area contributed by atoms with E-state index in [4.69, 9.17) is 5.73 Å². The van der Waals surface area contributed by atoms with Crippen LogP contribution < -0.4 is 11.1 Å². The molecule has 4 nitrogen and oxygen atoms in total. The molecule has 0 radical (unpaired) electrons. The summed E-state index contributed by atoms with van der Waals surface area (Å²) in [6.07, 6.45) is 0. The van der Waals surface area contributed by atoms with Crippen LogP contribution in [0.4, 0.5) is 11.4 Å². The Kier molecular flexibility index (Phi) is 3.14. The summed E-state index contributed by atoms with van der Waals surface area (Å²) < 4.78 is 0. The van der Waals surface area contributed by atoms with Crippen molar-refractivity contribution in [2.45, 2.75) is 13.8 Å². The number of nitrogen functional groups attached to an aromatic ring is 1. The summed E-state index contributed by atoms with van der Waals surface area (Å²) in [5.41, 5.74) is 10.8. The average molecular weight is 279 g/mol. The zero-order valence-electron chi connectivity index (χ0n) is 12.0. The number of hydrogen-bond donors (Lipinski definition) is 3. The number of anilines is 2. The number of amides is 1. The predicted molar refractivity (Wildman–Crippen MR) is 86.6 cm³/mol. The molecule has 0 saturated carbocycles. The van der Waals surface area contributed by atoms with Crippen molar-refractivity contribution in [3.8, 4) is 0 Å². The molecule has 3 aromatic rings. The molecule has 2 aromatic carbocycles. The number of aromatic amines is 1. The van der Waals surface area contributed by atoms with Gasteiger partial charge in [-0.25, -0.2) is 0 Å². The zero-order chi connectivity index (χ0) is 15.0. The van der Waals surface area contributed by atoms with E-state index in [-0.39, 0.29) is 5.91 Å². The molecule has 0 aliphatic heterocycles. The number of aromatic nitrogens is 1.